The number of para-hydroxylation sites is 1. The number of fused-ring (bicyclic) bond motifs is 3. The van der Waals surface area contributed by atoms with E-state index in [1.165, 1.54) is 121 Å². The Morgan fingerprint density at radius 3 is 1.35 bits per heavy atom. The molecule has 0 saturated carbocycles. The van der Waals surface area contributed by atoms with E-state index in [-0.39, 0.29) is 27.1 Å². The monoisotopic (exact) mass is 1040 g/mol. The van der Waals surface area contributed by atoms with Crippen LogP contribution in [0.1, 0.15) is 132 Å². The molecule has 0 aliphatic rings. The molecule has 0 radical (unpaired) electrons. The first-order chi connectivity index (χ1) is 37.8. The summed E-state index contributed by atoms with van der Waals surface area (Å²) < 4.78 is 2.54. The Morgan fingerprint density at radius 1 is 0.287 bits per heavy atom. The van der Waals surface area contributed by atoms with Gasteiger partial charge in [-0.15, -0.1) is 0 Å². The highest BCUT2D eigenvalue weighted by atomic mass is 15.1. The normalized spacial score (nSPS) is 12.9. The maximum atomic E-state index is 2.55. The van der Waals surface area contributed by atoms with Crippen LogP contribution < -0.4 is 4.90 Å². The fourth-order valence-corrected chi connectivity index (χ4v) is 12.3. The largest absolute Gasteiger partial charge is 0.309 e. The molecule has 400 valence electrons. The van der Waals surface area contributed by atoms with E-state index in [0.29, 0.717) is 0 Å². The molecule has 0 fully saturated rings. The second-order valence-electron chi connectivity index (χ2n) is 28.0. The van der Waals surface area contributed by atoms with Gasteiger partial charge in [0.1, 0.15) is 0 Å². The van der Waals surface area contributed by atoms with E-state index in [2.05, 4.69) is 314 Å². The van der Waals surface area contributed by atoms with Crippen molar-refractivity contribution in [3.8, 4) is 39.1 Å². The first kappa shape index (κ1) is 52.7. The molecule has 80 heavy (non-hydrogen) atoms. The Labute approximate surface area is 476 Å². The lowest BCUT2D eigenvalue weighted by atomic mass is 9.79. The van der Waals surface area contributed by atoms with E-state index in [0.717, 1.165) is 17.1 Å². The Balaban J connectivity index is 1.12. The van der Waals surface area contributed by atoms with Crippen molar-refractivity contribution in [3.05, 3.63) is 228 Å². The van der Waals surface area contributed by atoms with Crippen LogP contribution in [-0.2, 0) is 27.1 Å². The van der Waals surface area contributed by atoms with Crippen molar-refractivity contribution in [2.24, 2.45) is 0 Å². The molecule has 0 aliphatic heterocycles. The summed E-state index contributed by atoms with van der Waals surface area (Å²) in [7, 11) is 0. The summed E-state index contributed by atoms with van der Waals surface area (Å²) in [5, 5.41) is 10.1. The minimum Gasteiger partial charge on any atom is -0.309 e. The molecular weight excluding hydrogens is 965 g/mol. The van der Waals surface area contributed by atoms with Gasteiger partial charge in [-0.05, 0) is 159 Å². The van der Waals surface area contributed by atoms with E-state index in [1.807, 2.05) is 0 Å². The van der Waals surface area contributed by atoms with Crippen LogP contribution in [0.25, 0.3) is 93.2 Å². The maximum absolute atomic E-state index is 2.55. The molecular formula is C78H78N2. The van der Waals surface area contributed by atoms with Crippen LogP contribution >= 0.6 is 0 Å². The Bertz CT molecular complexity index is 4250. The summed E-state index contributed by atoms with van der Waals surface area (Å²) >= 11 is 0. The summed E-state index contributed by atoms with van der Waals surface area (Å²) in [6, 6.07) is 77.1. The van der Waals surface area contributed by atoms with Gasteiger partial charge in [-0.25, -0.2) is 0 Å². The average Bonchev–Trinajstić information content (AvgIpc) is 2.57. The van der Waals surface area contributed by atoms with Crippen LogP contribution in [0.4, 0.5) is 17.1 Å². The molecule has 12 rings (SSSR count). The molecule has 2 heteroatoms. The van der Waals surface area contributed by atoms with Crippen LogP contribution in [-0.4, -0.2) is 4.57 Å². The molecule has 0 saturated heterocycles. The number of aromatic nitrogens is 1. The van der Waals surface area contributed by atoms with Gasteiger partial charge in [0.2, 0.25) is 0 Å². The standard InChI is InChI=1S/C78H78N2/c1-74(2,3)54-33-27-49(28-34-54)60-23-16-17-24-61(60)62-25-18-19-26-67(62)79(59-22-20-21-52(45-59)53-43-57(77(10,11)12)46-58(44-53)78(13,14)15)68-39-31-50-30-38-64-69(40-32-51-29-37-63(68)72(50)73(51)64)80-70-41-35-55(75(4,5)6)47-65(70)66-48-56(76(7,8)9)36-42-71(66)80/h16-48H,1-15H3. The van der Waals surface area contributed by atoms with Crippen molar-refractivity contribution >= 4 is 71.2 Å². The zero-order valence-electron chi connectivity index (χ0n) is 49.9. The Morgan fingerprint density at radius 2 is 0.775 bits per heavy atom. The van der Waals surface area contributed by atoms with Crippen LogP contribution in [0.5, 0.6) is 0 Å². The third kappa shape index (κ3) is 9.25. The Kier molecular flexibility index (Phi) is 12.4. The number of nitrogens with zero attached hydrogens (tertiary/aromatic N) is 2. The molecule has 0 aliphatic carbocycles. The van der Waals surface area contributed by atoms with Crippen LogP contribution in [0.3, 0.4) is 0 Å². The number of anilines is 3. The fourth-order valence-electron chi connectivity index (χ4n) is 12.3. The maximum Gasteiger partial charge on any atom is 0.0541 e. The number of hydrogen-bond donors (Lipinski definition) is 0. The lowest BCUT2D eigenvalue weighted by molar-refractivity contribution is 0.569. The second kappa shape index (κ2) is 18.8. The van der Waals surface area contributed by atoms with Gasteiger partial charge < -0.3 is 9.47 Å². The second-order valence-corrected chi connectivity index (χ2v) is 28.0. The summed E-state index contributed by atoms with van der Waals surface area (Å²) in [4.78, 5) is 2.55. The van der Waals surface area contributed by atoms with E-state index in [1.54, 1.807) is 0 Å². The highest BCUT2D eigenvalue weighted by Crippen LogP contribution is 2.50. The van der Waals surface area contributed by atoms with Crippen molar-refractivity contribution in [1.29, 1.82) is 0 Å². The third-order valence-corrected chi connectivity index (χ3v) is 17.1. The minimum absolute atomic E-state index is 0.0134. The SMILES string of the molecule is CC(C)(C)c1ccc(-c2ccccc2-c2ccccc2N(c2cccc(-c3cc(C(C)(C)C)cc(C(C)(C)C)c3)c2)c2ccc3ccc4c(-n5c6ccc(C(C)(C)C)cc6c6cc(C(C)(C)C)ccc65)ccc5ccc2c3c54)cc1. The van der Waals surface area contributed by atoms with E-state index >= 15 is 0 Å². The van der Waals surface area contributed by atoms with Gasteiger partial charge in [0.25, 0.3) is 0 Å². The lowest BCUT2D eigenvalue weighted by Crippen LogP contribution is -2.16. The third-order valence-electron chi connectivity index (χ3n) is 17.1. The zero-order chi connectivity index (χ0) is 56.4. The summed E-state index contributed by atoms with van der Waals surface area (Å²) in [6.45, 7) is 34.7. The first-order valence-electron chi connectivity index (χ1n) is 29.0. The quantitative estimate of drug-likeness (QED) is 0.144. The predicted octanol–water partition coefficient (Wildman–Crippen LogP) is 22.6. The van der Waals surface area contributed by atoms with Crippen LogP contribution in [0, 0.1) is 0 Å². The molecule has 0 unspecified atom stereocenters. The fraction of sp³-hybridized carbons (Fsp3) is 0.256. The van der Waals surface area contributed by atoms with E-state index < -0.39 is 0 Å². The lowest BCUT2D eigenvalue weighted by Gasteiger charge is -2.31. The van der Waals surface area contributed by atoms with Gasteiger partial charge in [-0.1, -0.05) is 249 Å². The zero-order valence-corrected chi connectivity index (χ0v) is 49.9. The average molecular weight is 1040 g/mol. The van der Waals surface area contributed by atoms with Gasteiger partial charge >= 0.3 is 0 Å². The van der Waals surface area contributed by atoms with Gasteiger partial charge in [0.15, 0.2) is 0 Å². The van der Waals surface area contributed by atoms with Gasteiger partial charge in [0.05, 0.1) is 28.1 Å². The predicted molar refractivity (Wildman–Crippen MR) is 349 cm³/mol. The number of benzene rings is 11. The summed E-state index contributed by atoms with van der Waals surface area (Å²) in [6.07, 6.45) is 0. The van der Waals surface area contributed by atoms with Crippen LogP contribution in [0.2, 0.25) is 0 Å². The molecule has 2 nitrogen and oxygen atoms in total. The molecule has 0 amide bonds. The smallest absolute Gasteiger partial charge is 0.0541 e. The van der Waals surface area contributed by atoms with Gasteiger partial charge in [-0.2, -0.15) is 0 Å². The minimum atomic E-state index is -0.0201. The molecule has 0 N–H and O–H groups in total. The molecule has 1 heterocycles. The van der Waals surface area contributed by atoms with Gasteiger partial charge in [0, 0.05) is 32.8 Å². The highest BCUT2D eigenvalue weighted by molar-refractivity contribution is 6.27. The molecule has 0 atom stereocenters. The molecule has 0 bridgehead atoms. The van der Waals surface area contributed by atoms with E-state index in [4.69, 9.17) is 0 Å². The van der Waals surface area contributed by atoms with Gasteiger partial charge in [-0.3, -0.25) is 0 Å². The molecule has 0 spiro atoms. The van der Waals surface area contributed by atoms with E-state index in [9.17, 15) is 0 Å². The van der Waals surface area contributed by atoms with Crippen molar-refractivity contribution < 1.29 is 0 Å². The first-order valence-corrected chi connectivity index (χ1v) is 29.0. The number of hydrogen-bond acceptors (Lipinski definition) is 1. The molecule has 11 aromatic carbocycles. The topological polar surface area (TPSA) is 8.17 Å². The van der Waals surface area contributed by atoms with Crippen molar-refractivity contribution in [2.45, 2.75) is 131 Å². The van der Waals surface area contributed by atoms with Crippen molar-refractivity contribution in [3.63, 3.8) is 0 Å². The summed E-state index contributed by atoms with van der Waals surface area (Å²) in [5.74, 6) is 0. The van der Waals surface area contributed by atoms with Crippen LogP contribution in [0.15, 0.2) is 200 Å². The van der Waals surface area contributed by atoms with Crippen molar-refractivity contribution in [2.75, 3.05) is 4.90 Å². The van der Waals surface area contributed by atoms with Crippen molar-refractivity contribution in [1.82, 2.24) is 4.57 Å². The molecule has 12 aromatic rings. The Hall–Kier alpha value is -7.94. The number of rotatable bonds is 7. The highest BCUT2D eigenvalue weighted by Gasteiger charge is 2.27. The molecule has 1 aromatic heterocycles. The summed E-state index contributed by atoms with van der Waals surface area (Å²) in [5.41, 5.74) is 21.0.